The number of anilines is 1. The molecule has 0 spiro atoms. The monoisotopic (exact) mass is 1100 g/mol. The van der Waals surface area contributed by atoms with E-state index in [2.05, 4.69) is 57.4 Å². The second-order valence-corrected chi connectivity index (χ2v) is 26.6. The van der Waals surface area contributed by atoms with Gasteiger partial charge in [0.15, 0.2) is 6.29 Å². The number of carbonyl (C=O) groups excluding carboxylic acids is 1. The summed E-state index contributed by atoms with van der Waals surface area (Å²) in [5, 5.41) is 133. The summed E-state index contributed by atoms with van der Waals surface area (Å²) in [5.74, 6) is -5.49. The number of amides is 1. The van der Waals surface area contributed by atoms with E-state index in [1.165, 1.54) is 12.5 Å². The minimum atomic E-state index is -1.75. The van der Waals surface area contributed by atoms with Crippen molar-refractivity contribution in [1.82, 2.24) is 25.3 Å². The van der Waals surface area contributed by atoms with E-state index in [0.717, 1.165) is 11.3 Å². The van der Waals surface area contributed by atoms with E-state index in [1.807, 2.05) is 13.8 Å². The number of aliphatic hydroxyl groups is 10. The summed E-state index contributed by atoms with van der Waals surface area (Å²) < 4.78 is 12.6. The van der Waals surface area contributed by atoms with Crippen LogP contribution in [0.5, 0.6) is 0 Å². The molecule has 0 aromatic carbocycles. The number of hydrogen-bond acceptors (Lipinski definition) is 18. The number of rotatable bonds is 16. The molecule has 8 aliphatic rings. The SMILES string of the molecule is CC1(CO)CCC2(C(=O)O)C(C1)C1=CCC3C4(C)C(CC5C(C(c6cnc[nH]6)C(O)CC(N)O)NC(=O)C5(CO)CCCO)C(O)C(OC5OCC(O)C(O)C5O)C(C)(CO)C4CCC3(C)C1(C)C1Cc3[nH]cnc3NCC12. The predicted molar refractivity (Wildman–Crippen MR) is 279 cm³/mol. The molecule has 4 saturated carbocycles. The zero-order valence-electron chi connectivity index (χ0n) is 45.7. The number of ether oxygens (including phenoxy) is 2. The summed E-state index contributed by atoms with van der Waals surface area (Å²) in [4.78, 5) is 44.8. The third-order valence-electron chi connectivity index (χ3n) is 23.4. The van der Waals surface area contributed by atoms with Gasteiger partial charge in [-0.1, -0.05) is 46.3 Å². The number of allylic oxidation sites excluding steroid dienone is 2. The van der Waals surface area contributed by atoms with Crippen LogP contribution in [-0.4, -0.2) is 183 Å². The van der Waals surface area contributed by atoms with Gasteiger partial charge in [0, 0.05) is 55.4 Å². The van der Waals surface area contributed by atoms with Crippen molar-refractivity contribution in [1.29, 1.82) is 0 Å². The molecule has 0 bridgehead atoms. The number of aliphatic hydroxyl groups excluding tert-OH is 10. The molecule has 2 aromatic heterocycles. The molecule has 2 saturated heterocycles. The quantitative estimate of drug-likeness (QED) is 0.0617. The Morgan fingerprint density at radius 1 is 0.923 bits per heavy atom. The van der Waals surface area contributed by atoms with Crippen molar-refractivity contribution in [2.75, 3.05) is 44.9 Å². The molecule has 17 N–H and O–H groups in total. The van der Waals surface area contributed by atoms with Crippen LogP contribution in [0.25, 0.3) is 0 Å². The Labute approximate surface area is 455 Å². The van der Waals surface area contributed by atoms with Crippen LogP contribution in [0.3, 0.4) is 0 Å². The van der Waals surface area contributed by atoms with Gasteiger partial charge in [-0.2, -0.15) is 0 Å². The summed E-state index contributed by atoms with van der Waals surface area (Å²) >= 11 is 0. The molecule has 22 nitrogen and oxygen atoms in total. The number of nitrogens with one attached hydrogen (secondary N) is 4. The van der Waals surface area contributed by atoms with E-state index in [0.29, 0.717) is 63.0 Å². The van der Waals surface area contributed by atoms with Crippen molar-refractivity contribution in [3.8, 4) is 0 Å². The Hall–Kier alpha value is -3.62. The van der Waals surface area contributed by atoms with Gasteiger partial charge < -0.3 is 92.0 Å². The lowest BCUT2D eigenvalue weighted by atomic mass is 9.29. The number of carbonyl (C=O) groups is 2. The molecule has 0 radical (unpaired) electrons. The highest BCUT2D eigenvalue weighted by molar-refractivity contribution is 5.86. The highest BCUT2D eigenvalue weighted by Crippen LogP contribution is 2.79. The standard InChI is InChI=1S/C56H87N7O15/c1-50(22-65)12-13-56(49(75)76)31(18-50)27-7-8-38-52(3,54(27,5)28-16-33-46(62-26-61-33)59-19-32(28)56)11-9-37-51(2,23-66)45(78-47-44(73)43(72)36(69)21-77-47)42(71)30(53(37,38)4)15-29-41(63-48(74)55(29,24-67)10-6-14-64)40(34-20-58-25-60-34)35(68)17-39(57)70/h7,20,25-26,28-32,35-45,47,59,64-73H,6,8-19,21-24,57H2,1-5H3,(H,58,60)(H,61,62)(H,63,74)(H,75,76). The van der Waals surface area contributed by atoms with E-state index >= 15 is 0 Å². The zero-order valence-corrected chi connectivity index (χ0v) is 45.7. The van der Waals surface area contributed by atoms with Gasteiger partial charge in [0.2, 0.25) is 5.91 Å². The molecule has 5 heterocycles. The first-order valence-corrected chi connectivity index (χ1v) is 28.5. The molecule has 24 unspecified atom stereocenters. The van der Waals surface area contributed by atoms with Crippen LogP contribution in [0.2, 0.25) is 0 Å². The van der Waals surface area contributed by atoms with Crippen molar-refractivity contribution in [3.63, 3.8) is 0 Å². The Morgan fingerprint density at radius 3 is 2.33 bits per heavy atom. The summed E-state index contributed by atoms with van der Waals surface area (Å²) in [6.45, 7) is 9.02. The highest BCUT2D eigenvalue weighted by atomic mass is 16.7. The number of carboxylic acids is 1. The van der Waals surface area contributed by atoms with Gasteiger partial charge in [-0.3, -0.25) is 9.59 Å². The van der Waals surface area contributed by atoms with Crippen LogP contribution >= 0.6 is 0 Å². The molecule has 78 heavy (non-hydrogen) atoms. The third kappa shape index (κ3) is 8.25. The maximum atomic E-state index is 15.0. The average Bonchev–Trinajstić information content (AvgIpc) is 3.90. The molecule has 6 fully saturated rings. The lowest BCUT2D eigenvalue weighted by Gasteiger charge is -2.75. The highest BCUT2D eigenvalue weighted by Gasteiger charge is 2.77. The zero-order chi connectivity index (χ0) is 56.3. The molecular weight excluding hydrogens is 1010 g/mol. The Morgan fingerprint density at radius 2 is 1.68 bits per heavy atom. The van der Waals surface area contributed by atoms with Crippen LogP contribution in [-0.2, 0) is 25.5 Å². The van der Waals surface area contributed by atoms with Crippen LogP contribution in [0.1, 0.15) is 116 Å². The summed E-state index contributed by atoms with van der Waals surface area (Å²) in [5.41, 5.74) is 1.19. The Kier molecular flexibility index (Phi) is 15.3. The fourth-order valence-electron chi connectivity index (χ4n) is 19.2. The number of aromatic amines is 2. The molecule has 24 atom stereocenters. The topological polar surface area (TPSA) is 383 Å². The van der Waals surface area contributed by atoms with Gasteiger partial charge >= 0.3 is 5.97 Å². The molecule has 5 aliphatic carbocycles. The normalized spacial score (nSPS) is 47.0. The lowest BCUT2D eigenvalue weighted by Crippen LogP contribution is -2.74. The molecule has 1 amide bonds. The number of nitrogens with two attached hydrogens (primary N) is 1. The number of carboxylic acid groups (broad SMARTS) is 1. The summed E-state index contributed by atoms with van der Waals surface area (Å²) in [7, 11) is 0. The van der Waals surface area contributed by atoms with E-state index < -0.39 is 160 Å². The first kappa shape index (κ1) is 57.6. The van der Waals surface area contributed by atoms with Gasteiger partial charge in [-0.05, 0) is 127 Å². The molecule has 22 heteroatoms. The van der Waals surface area contributed by atoms with Crippen molar-refractivity contribution >= 4 is 17.7 Å². The number of imidazole rings is 2. The van der Waals surface area contributed by atoms with Gasteiger partial charge in [0.25, 0.3) is 0 Å². The first-order chi connectivity index (χ1) is 36.9. The van der Waals surface area contributed by atoms with Crippen molar-refractivity contribution in [2.45, 2.75) is 166 Å². The number of H-pyrrole nitrogens is 2. The second kappa shape index (κ2) is 20.7. The molecule has 436 valence electrons. The fraction of sp³-hybridized carbons (Fsp3) is 0.821. The predicted octanol–water partition coefficient (Wildman–Crippen LogP) is 0.473. The molecular formula is C56H87N7O15. The van der Waals surface area contributed by atoms with E-state index in [1.54, 1.807) is 6.33 Å². The number of fused-ring (bicyclic) bond motifs is 11. The number of nitrogens with zero attached hydrogens (tertiary/aromatic N) is 2. The van der Waals surface area contributed by atoms with Crippen LogP contribution in [0.15, 0.2) is 30.5 Å². The lowest BCUT2D eigenvalue weighted by molar-refractivity contribution is -0.341. The third-order valence-corrected chi connectivity index (χ3v) is 23.4. The minimum Gasteiger partial charge on any atom is -0.481 e. The van der Waals surface area contributed by atoms with E-state index in [-0.39, 0.29) is 50.7 Å². The molecule has 2 aromatic rings. The smallest absolute Gasteiger partial charge is 0.310 e. The van der Waals surface area contributed by atoms with Crippen LogP contribution < -0.4 is 16.4 Å². The van der Waals surface area contributed by atoms with Gasteiger partial charge in [-0.15, -0.1) is 0 Å². The number of hydrogen-bond donors (Lipinski definition) is 16. The molecule has 10 rings (SSSR count). The van der Waals surface area contributed by atoms with E-state index in [9.17, 15) is 65.8 Å². The second-order valence-electron chi connectivity index (χ2n) is 26.6. The van der Waals surface area contributed by atoms with Gasteiger partial charge in [-0.25, -0.2) is 9.97 Å². The van der Waals surface area contributed by atoms with E-state index in [4.69, 9.17) is 15.2 Å². The van der Waals surface area contributed by atoms with Crippen molar-refractivity contribution in [3.05, 3.63) is 41.9 Å². The summed E-state index contributed by atoms with van der Waals surface area (Å²) in [6.07, 6.45) is -2.10. The Bertz CT molecular complexity index is 2540. The number of aromatic nitrogens is 4. The maximum Gasteiger partial charge on any atom is 0.310 e. The first-order valence-electron chi connectivity index (χ1n) is 28.5. The van der Waals surface area contributed by atoms with Gasteiger partial charge in [0.05, 0.1) is 67.3 Å². The van der Waals surface area contributed by atoms with Gasteiger partial charge in [0.1, 0.15) is 30.4 Å². The van der Waals surface area contributed by atoms with Crippen LogP contribution in [0.4, 0.5) is 5.82 Å². The summed E-state index contributed by atoms with van der Waals surface area (Å²) in [6, 6.07) is -1.000. The Balaban J connectivity index is 1.18. The maximum absolute atomic E-state index is 15.0. The molecule has 3 aliphatic heterocycles. The van der Waals surface area contributed by atoms with Crippen LogP contribution in [0, 0.1) is 79.3 Å². The largest absolute Gasteiger partial charge is 0.481 e. The number of aliphatic carboxylic acids is 1. The van der Waals surface area contributed by atoms with Crippen molar-refractivity contribution < 1.29 is 75.2 Å². The van der Waals surface area contributed by atoms with Crippen molar-refractivity contribution in [2.24, 2.45) is 85.1 Å². The minimum absolute atomic E-state index is 0.00928. The average molecular weight is 1100 g/mol. The fourth-order valence-corrected chi connectivity index (χ4v) is 19.2.